The van der Waals surface area contributed by atoms with E-state index in [1.807, 2.05) is 6.92 Å². The Morgan fingerprint density at radius 2 is 2.25 bits per heavy atom. The fourth-order valence-electron chi connectivity index (χ4n) is 0.822. The highest BCUT2D eigenvalue weighted by Crippen LogP contribution is 2.13. The Bertz CT molecular complexity index is 263. The number of methoxy groups -OCH3 is 1. The zero-order valence-corrected chi connectivity index (χ0v) is 7.76. The number of nitrogens with zero attached hydrogens (tertiary/aromatic N) is 1. The van der Waals surface area contributed by atoms with Gasteiger partial charge in [-0.25, -0.2) is 4.98 Å². The third-order valence-corrected chi connectivity index (χ3v) is 2.62. The van der Waals surface area contributed by atoms with E-state index in [9.17, 15) is 0 Å². The molecule has 1 aromatic rings. The smallest absolute Gasteiger partial charge is 0.481 e. The molecule has 2 N–H and O–H groups in total. The maximum absolute atomic E-state index is 8.89. The molecule has 0 radical (unpaired) electrons. The molecule has 0 aliphatic carbocycles. The Morgan fingerprint density at radius 1 is 1.58 bits per heavy atom. The minimum absolute atomic E-state index is 0.312. The van der Waals surface area contributed by atoms with Crippen molar-refractivity contribution in [2.75, 3.05) is 7.11 Å². The molecule has 1 aromatic heterocycles. The minimum Gasteiger partial charge on any atom is -0.481 e. The number of hydrogen-bond donors (Lipinski definition) is 2. The Labute approximate surface area is 75.0 Å². The average Bonchev–Trinajstić information content (AvgIpc) is 2.47. The van der Waals surface area contributed by atoms with Crippen LogP contribution in [0.15, 0.2) is 0 Å². The summed E-state index contributed by atoms with van der Waals surface area (Å²) in [5.41, 5.74) is 0. The van der Waals surface area contributed by atoms with Gasteiger partial charge in [0.05, 0.1) is 16.9 Å². The molecule has 0 atom stereocenters. The van der Waals surface area contributed by atoms with E-state index in [1.54, 1.807) is 0 Å². The van der Waals surface area contributed by atoms with Crippen LogP contribution in [0.25, 0.3) is 0 Å². The van der Waals surface area contributed by atoms with Gasteiger partial charge in [0.15, 0.2) is 0 Å². The van der Waals surface area contributed by atoms with Crippen molar-refractivity contribution >= 4 is 23.2 Å². The first-order valence-electron chi connectivity index (χ1n) is 3.58. The molecule has 0 unspecified atom stereocenters. The lowest BCUT2D eigenvalue weighted by molar-refractivity contribution is 0.393. The van der Waals surface area contributed by atoms with Crippen LogP contribution < -0.4 is 9.51 Å². The highest BCUT2D eigenvalue weighted by Gasteiger charge is 2.21. The molecule has 0 bridgehead atoms. The molecule has 0 aromatic carbocycles. The quantitative estimate of drug-likeness (QED) is 0.620. The van der Waals surface area contributed by atoms with E-state index in [4.69, 9.17) is 14.8 Å². The van der Waals surface area contributed by atoms with Gasteiger partial charge in [-0.2, -0.15) is 0 Å². The maximum atomic E-state index is 8.89. The van der Waals surface area contributed by atoms with E-state index in [1.165, 1.54) is 18.4 Å². The standard InChI is InChI=1S/C6H10BNO3S/c1-3-4-8-6(11-2)5(12-4)7(9)10/h9-10H,3H2,1-2H3. The van der Waals surface area contributed by atoms with Crippen LogP contribution in [0, 0.1) is 0 Å². The number of thiazole rings is 1. The van der Waals surface area contributed by atoms with Gasteiger partial charge in [-0.1, -0.05) is 6.92 Å². The van der Waals surface area contributed by atoms with Crippen LogP contribution in [0.1, 0.15) is 11.9 Å². The van der Waals surface area contributed by atoms with Gasteiger partial charge in [0.25, 0.3) is 0 Å². The van der Waals surface area contributed by atoms with Crippen molar-refractivity contribution in [3.63, 3.8) is 0 Å². The van der Waals surface area contributed by atoms with Crippen molar-refractivity contribution in [3.8, 4) is 5.88 Å². The molecular weight excluding hydrogens is 177 g/mol. The van der Waals surface area contributed by atoms with Crippen molar-refractivity contribution < 1.29 is 14.8 Å². The summed E-state index contributed by atoms with van der Waals surface area (Å²) in [6.07, 6.45) is 0.772. The highest BCUT2D eigenvalue weighted by molar-refractivity contribution is 7.22. The molecule has 0 aliphatic heterocycles. The number of aromatic nitrogens is 1. The van der Waals surface area contributed by atoms with Crippen LogP contribution in [0.4, 0.5) is 0 Å². The van der Waals surface area contributed by atoms with Crippen LogP contribution in [0.5, 0.6) is 5.88 Å². The fourth-order valence-corrected chi connectivity index (χ4v) is 1.67. The molecule has 6 heteroatoms. The average molecular weight is 187 g/mol. The van der Waals surface area contributed by atoms with E-state index < -0.39 is 7.12 Å². The zero-order valence-electron chi connectivity index (χ0n) is 6.94. The lowest BCUT2D eigenvalue weighted by Crippen LogP contribution is -2.28. The fraction of sp³-hybridized carbons (Fsp3) is 0.500. The Balaban J connectivity index is 3.00. The van der Waals surface area contributed by atoms with Gasteiger partial charge < -0.3 is 14.8 Å². The molecule has 12 heavy (non-hydrogen) atoms. The second-order valence-electron chi connectivity index (χ2n) is 2.21. The molecule has 0 saturated heterocycles. The van der Waals surface area contributed by atoms with E-state index in [0.29, 0.717) is 10.7 Å². The largest absolute Gasteiger partial charge is 0.504 e. The van der Waals surface area contributed by atoms with Crippen LogP contribution >= 0.6 is 11.3 Å². The lowest BCUT2D eigenvalue weighted by atomic mass is 9.90. The summed E-state index contributed by atoms with van der Waals surface area (Å²) in [6, 6.07) is 0. The molecule has 0 fully saturated rings. The lowest BCUT2D eigenvalue weighted by Gasteiger charge is -1.96. The molecule has 1 heterocycles. The van der Waals surface area contributed by atoms with E-state index >= 15 is 0 Å². The van der Waals surface area contributed by atoms with Gasteiger partial charge in [0.1, 0.15) is 0 Å². The zero-order chi connectivity index (χ0) is 9.14. The second kappa shape index (κ2) is 3.89. The topological polar surface area (TPSA) is 62.6 Å². The van der Waals surface area contributed by atoms with Crippen molar-refractivity contribution in [2.45, 2.75) is 13.3 Å². The van der Waals surface area contributed by atoms with Crippen LogP contribution in [-0.2, 0) is 6.42 Å². The third-order valence-electron chi connectivity index (χ3n) is 1.40. The molecule has 1 rings (SSSR count). The number of hydrogen-bond acceptors (Lipinski definition) is 5. The highest BCUT2D eigenvalue weighted by atomic mass is 32.1. The summed E-state index contributed by atoms with van der Waals surface area (Å²) in [4.78, 5) is 4.04. The summed E-state index contributed by atoms with van der Waals surface area (Å²) in [6.45, 7) is 1.95. The van der Waals surface area contributed by atoms with Gasteiger partial charge in [-0.15, -0.1) is 11.3 Å². The minimum atomic E-state index is -1.49. The first kappa shape index (κ1) is 9.50. The van der Waals surface area contributed by atoms with E-state index in [-0.39, 0.29) is 0 Å². The summed E-state index contributed by atoms with van der Waals surface area (Å²) in [7, 11) is -0.0295. The molecule has 0 saturated carbocycles. The SMILES string of the molecule is CCc1nc(OC)c(B(O)O)s1. The predicted molar refractivity (Wildman–Crippen MR) is 47.9 cm³/mol. The predicted octanol–water partition coefficient (Wildman–Crippen LogP) is -0.606. The molecule has 4 nitrogen and oxygen atoms in total. The van der Waals surface area contributed by atoms with E-state index in [0.717, 1.165) is 11.4 Å². The third kappa shape index (κ3) is 1.77. The van der Waals surface area contributed by atoms with E-state index in [2.05, 4.69) is 4.98 Å². The van der Waals surface area contributed by atoms with Crippen molar-refractivity contribution in [1.29, 1.82) is 0 Å². The first-order valence-corrected chi connectivity index (χ1v) is 4.40. The van der Waals surface area contributed by atoms with Gasteiger partial charge in [0.2, 0.25) is 5.88 Å². The Morgan fingerprint density at radius 3 is 2.58 bits per heavy atom. The van der Waals surface area contributed by atoms with Gasteiger partial charge in [0, 0.05) is 0 Å². The molecular formula is C6H10BNO3S. The molecule has 0 aliphatic rings. The van der Waals surface area contributed by atoms with Crippen molar-refractivity contribution in [1.82, 2.24) is 4.98 Å². The summed E-state index contributed by atoms with van der Waals surface area (Å²) >= 11 is 1.26. The second-order valence-corrected chi connectivity index (χ2v) is 3.32. The molecule has 0 spiro atoms. The first-order chi connectivity index (χ1) is 5.69. The number of rotatable bonds is 3. The maximum Gasteiger partial charge on any atom is 0.504 e. The van der Waals surface area contributed by atoms with Crippen LogP contribution in [-0.4, -0.2) is 29.3 Å². The van der Waals surface area contributed by atoms with Gasteiger partial charge in [-0.3, -0.25) is 0 Å². The Kier molecular flexibility index (Phi) is 3.08. The normalized spacial score (nSPS) is 10.0. The van der Waals surface area contributed by atoms with Crippen molar-refractivity contribution in [3.05, 3.63) is 5.01 Å². The Hall–Kier alpha value is -0.585. The summed E-state index contributed by atoms with van der Waals surface area (Å²) < 4.78 is 5.24. The van der Waals surface area contributed by atoms with Crippen LogP contribution in [0.2, 0.25) is 0 Å². The summed E-state index contributed by atoms with van der Waals surface area (Å²) in [5.74, 6) is 0.312. The molecule has 66 valence electrons. The van der Waals surface area contributed by atoms with Gasteiger partial charge >= 0.3 is 7.12 Å². The van der Waals surface area contributed by atoms with Crippen LogP contribution in [0.3, 0.4) is 0 Å². The number of ether oxygens (including phenoxy) is 1. The molecule has 0 amide bonds. The monoisotopic (exact) mass is 187 g/mol. The summed E-state index contributed by atoms with van der Waals surface area (Å²) in [5, 5.41) is 18.6. The number of aryl methyl sites for hydroxylation is 1. The van der Waals surface area contributed by atoms with Gasteiger partial charge in [-0.05, 0) is 6.42 Å². The van der Waals surface area contributed by atoms with Crippen molar-refractivity contribution in [2.24, 2.45) is 0 Å².